The number of hydrogen-bond acceptors (Lipinski definition) is 5. The van der Waals surface area contributed by atoms with Crippen LogP contribution < -0.4 is 27.1 Å². The lowest BCUT2D eigenvalue weighted by molar-refractivity contribution is -0.385. The van der Waals surface area contributed by atoms with Crippen molar-refractivity contribution in [3.05, 3.63) is 63.1 Å². The number of benzene rings is 1. The number of nitro groups is 1. The number of hydrogen-bond donors (Lipinski definition) is 3. The fourth-order valence-corrected chi connectivity index (χ4v) is 2.32. The van der Waals surface area contributed by atoms with Gasteiger partial charge in [-0.3, -0.25) is 21.0 Å². The molecule has 0 radical (unpaired) electrons. The number of thiocarbonyl (C=S) groups is 1. The second kappa shape index (κ2) is 5.00. The highest BCUT2D eigenvalue weighted by atomic mass is 32.1. The predicted octanol–water partition coefficient (Wildman–Crippen LogP) is -0.494. The van der Waals surface area contributed by atoms with Crippen LogP contribution in [0.25, 0.3) is 11.4 Å². The Labute approximate surface area is 124 Å². The summed E-state index contributed by atoms with van der Waals surface area (Å²) in [5, 5.41) is 14.0. The highest BCUT2D eigenvalue weighted by Crippen LogP contribution is 2.09. The van der Waals surface area contributed by atoms with E-state index in [-0.39, 0.29) is 5.69 Å². The van der Waals surface area contributed by atoms with Crippen molar-refractivity contribution in [1.82, 2.24) is 15.9 Å². The van der Waals surface area contributed by atoms with Crippen molar-refractivity contribution < 1.29 is 4.92 Å². The van der Waals surface area contributed by atoms with Crippen LogP contribution in [0.5, 0.6) is 0 Å². The average molecular weight is 301 g/mol. The zero-order valence-electron chi connectivity index (χ0n) is 10.7. The molecular weight excluding hydrogens is 290 g/mol. The quantitative estimate of drug-likeness (QED) is 0.279. The first-order chi connectivity index (χ1) is 10.1. The molecule has 0 unspecified atom stereocenters. The van der Waals surface area contributed by atoms with E-state index in [1.165, 1.54) is 17.1 Å². The summed E-state index contributed by atoms with van der Waals surface area (Å²) in [5.41, 5.74) is 6.51. The molecule has 1 aliphatic carbocycles. The van der Waals surface area contributed by atoms with Gasteiger partial charge in [0.15, 0.2) is 0 Å². The van der Waals surface area contributed by atoms with Gasteiger partial charge in [-0.05, 0) is 29.1 Å². The molecule has 1 saturated heterocycles. The maximum absolute atomic E-state index is 11.0. The summed E-state index contributed by atoms with van der Waals surface area (Å²) < 4.78 is 0. The molecule has 21 heavy (non-hydrogen) atoms. The van der Waals surface area contributed by atoms with Crippen LogP contribution in [0.3, 0.4) is 0 Å². The van der Waals surface area contributed by atoms with Gasteiger partial charge in [0.05, 0.1) is 4.92 Å². The van der Waals surface area contributed by atoms with E-state index in [0.29, 0.717) is 16.2 Å². The molecule has 106 valence electrons. The first kappa shape index (κ1) is 13.3. The number of nitrogens with two attached hydrogens (primary N) is 1. The fraction of sp³-hybridized carbons (Fsp3) is 0. The van der Waals surface area contributed by atoms with Gasteiger partial charge in [-0.25, -0.2) is 10.9 Å². The van der Waals surface area contributed by atoms with E-state index in [4.69, 9.17) is 18.1 Å². The van der Waals surface area contributed by atoms with E-state index in [1.807, 2.05) is 24.3 Å². The summed E-state index contributed by atoms with van der Waals surface area (Å²) in [7, 11) is 0. The summed E-state index contributed by atoms with van der Waals surface area (Å²) in [5.74, 6) is 6.42. The van der Waals surface area contributed by atoms with Crippen molar-refractivity contribution in [2.75, 3.05) is 0 Å². The van der Waals surface area contributed by atoms with Crippen molar-refractivity contribution in [3.63, 3.8) is 0 Å². The Morgan fingerprint density at radius 2 is 1.90 bits per heavy atom. The molecule has 0 aromatic heterocycles. The lowest BCUT2D eigenvalue weighted by Crippen LogP contribution is -2.39. The third-order valence-corrected chi connectivity index (χ3v) is 3.49. The standard InChI is InChI=1S/C13H11N5O2S/c14-17-12(15-16-13(17)21)10-6-5-9(18(19)20)7-11(10)8-3-1-2-4-8/h1-7,15H,14H2,(H,16,21). The Morgan fingerprint density at radius 3 is 2.48 bits per heavy atom. The highest BCUT2D eigenvalue weighted by Gasteiger charge is 2.20. The molecule has 1 heterocycles. The van der Waals surface area contributed by atoms with Gasteiger partial charge >= 0.3 is 0 Å². The third kappa shape index (κ3) is 2.26. The lowest BCUT2D eigenvalue weighted by Gasteiger charge is -2.09. The Bertz CT molecular complexity index is 813. The molecule has 3 rings (SSSR count). The SMILES string of the molecule is NN1C(=S)NNC1=c1ccc([N+](=O)[O-])cc1=C1C=CC=C1. The van der Waals surface area contributed by atoms with Crippen LogP contribution in [0.2, 0.25) is 0 Å². The van der Waals surface area contributed by atoms with Gasteiger partial charge in [0.1, 0.15) is 5.82 Å². The van der Waals surface area contributed by atoms with Crippen molar-refractivity contribution in [3.8, 4) is 0 Å². The Morgan fingerprint density at radius 1 is 1.19 bits per heavy atom. The molecule has 1 aromatic rings. The smallest absolute Gasteiger partial charge is 0.270 e. The van der Waals surface area contributed by atoms with Gasteiger partial charge < -0.3 is 0 Å². The summed E-state index contributed by atoms with van der Waals surface area (Å²) in [6, 6.07) is 4.61. The zero-order chi connectivity index (χ0) is 15.0. The summed E-state index contributed by atoms with van der Waals surface area (Å²) in [6.07, 6.45) is 7.50. The van der Waals surface area contributed by atoms with Crippen molar-refractivity contribution >= 4 is 34.4 Å². The van der Waals surface area contributed by atoms with E-state index in [0.717, 1.165) is 10.8 Å². The number of rotatable bonds is 1. The molecule has 2 aliphatic rings. The van der Waals surface area contributed by atoms with Crippen LogP contribution in [0.1, 0.15) is 0 Å². The third-order valence-electron chi connectivity index (χ3n) is 3.19. The Kier molecular flexibility index (Phi) is 3.16. The van der Waals surface area contributed by atoms with Crippen LogP contribution in [-0.2, 0) is 0 Å². The van der Waals surface area contributed by atoms with Gasteiger partial charge in [0, 0.05) is 17.4 Å². The average Bonchev–Trinajstić information content (AvgIpc) is 3.10. The topological polar surface area (TPSA) is 96.5 Å². The van der Waals surface area contributed by atoms with Gasteiger partial charge in [-0.1, -0.05) is 24.3 Å². The van der Waals surface area contributed by atoms with E-state index < -0.39 is 4.92 Å². The van der Waals surface area contributed by atoms with Crippen LogP contribution >= 0.6 is 12.2 Å². The molecule has 0 atom stereocenters. The van der Waals surface area contributed by atoms with Crippen molar-refractivity contribution in [2.45, 2.75) is 0 Å². The minimum atomic E-state index is -0.425. The van der Waals surface area contributed by atoms with Gasteiger partial charge in [-0.2, -0.15) is 0 Å². The molecule has 4 N–H and O–H groups in total. The molecule has 1 aromatic carbocycles. The van der Waals surface area contributed by atoms with E-state index in [9.17, 15) is 10.1 Å². The summed E-state index contributed by atoms with van der Waals surface area (Å²) >= 11 is 5.03. The molecule has 7 nitrogen and oxygen atoms in total. The molecule has 8 heteroatoms. The zero-order valence-corrected chi connectivity index (χ0v) is 11.6. The second-order valence-corrected chi connectivity index (χ2v) is 4.82. The monoisotopic (exact) mass is 301 g/mol. The van der Waals surface area contributed by atoms with E-state index >= 15 is 0 Å². The van der Waals surface area contributed by atoms with E-state index in [1.54, 1.807) is 6.07 Å². The fourth-order valence-electron chi connectivity index (χ4n) is 2.18. The van der Waals surface area contributed by atoms with Crippen molar-refractivity contribution in [1.29, 1.82) is 0 Å². The maximum Gasteiger partial charge on any atom is 0.270 e. The number of hydrazine groups is 2. The summed E-state index contributed by atoms with van der Waals surface area (Å²) in [4.78, 5) is 10.6. The summed E-state index contributed by atoms with van der Waals surface area (Å²) in [6.45, 7) is 0. The van der Waals surface area contributed by atoms with Gasteiger partial charge in [-0.15, -0.1) is 0 Å². The largest absolute Gasteiger partial charge is 0.282 e. The Hall–Kier alpha value is -2.71. The van der Waals surface area contributed by atoms with Crippen LogP contribution in [0.4, 0.5) is 5.69 Å². The van der Waals surface area contributed by atoms with Gasteiger partial charge in [0.25, 0.3) is 5.69 Å². The van der Waals surface area contributed by atoms with Crippen LogP contribution in [0.15, 0.2) is 42.5 Å². The highest BCUT2D eigenvalue weighted by molar-refractivity contribution is 7.80. The Balaban J connectivity index is 2.38. The number of nitrogens with zero attached hydrogens (tertiary/aromatic N) is 2. The van der Waals surface area contributed by atoms with E-state index in [2.05, 4.69) is 10.9 Å². The van der Waals surface area contributed by atoms with Crippen LogP contribution in [-0.4, -0.2) is 15.0 Å². The number of non-ortho nitro benzene ring substituents is 1. The molecular formula is C13H11N5O2S. The molecule has 0 saturated carbocycles. The van der Waals surface area contributed by atoms with Gasteiger partial charge in [0.2, 0.25) is 5.11 Å². The molecule has 0 amide bonds. The minimum Gasteiger partial charge on any atom is -0.282 e. The molecule has 0 bridgehead atoms. The maximum atomic E-state index is 11.0. The van der Waals surface area contributed by atoms with Crippen molar-refractivity contribution in [2.24, 2.45) is 5.84 Å². The first-order valence-electron chi connectivity index (χ1n) is 6.06. The molecule has 1 aliphatic heterocycles. The lowest BCUT2D eigenvalue weighted by atomic mass is 10.1. The second-order valence-electron chi connectivity index (χ2n) is 4.43. The number of nitrogens with one attached hydrogen (secondary N) is 2. The van der Waals surface area contributed by atoms with Crippen LogP contribution in [0, 0.1) is 10.1 Å². The minimum absolute atomic E-state index is 0.0210. The molecule has 0 spiro atoms. The number of allylic oxidation sites excluding steroid dienone is 4. The number of nitro benzene ring substituents is 1. The molecule has 1 fully saturated rings. The normalized spacial score (nSPS) is 19.0. The predicted molar refractivity (Wildman–Crippen MR) is 82.3 cm³/mol. The first-order valence-corrected chi connectivity index (χ1v) is 6.47.